The van der Waals surface area contributed by atoms with Crippen molar-refractivity contribution in [3.05, 3.63) is 54.4 Å². The standard InChI is InChI=1S/C17H15N5O2S/c23-13-9-7-12(8-10-13)22-17(19-20-21-22)25-11-3-6-16-18-14-4-1-2-5-15(14)24-16/h1-2,4-5,7-10,23H,3,6,11H2. The van der Waals surface area contributed by atoms with E-state index in [1.807, 2.05) is 24.3 Å². The Hall–Kier alpha value is -2.87. The van der Waals surface area contributed by atoms with Crippen molar-refractivity contribution in [1.82, 2.24) is 25.2 Å². The number of hydrogen-bond donors (Lipinski definition) is 1. The van der Waals surface area contributed by atoms with E-state index in [9.17, 15) is 5.11 Å². The molecule has 8 heteroatoms. The van der Waals surface area contributed by atoms with Gasteiger partial charge in [0.15, 0.2) is 11.5 Å². The number of aromatic hydroxyl groups is 1. The molecule has 2 heterocycles. The molecule has 0 unspecified atom stereocenters. The number of benzene rings is 2. The number of thioether (sulfide) groups is 1. The maximum atomic E-state index is 9.38. The van der Waals surface area contributed by atoms with E-state index in [4.69, 9.17) is 4.42 Å². The Kier molecular flexibility index (Phi) is 4.34. The lowest BCUT2D eigenvalue weighted by molar-refractivity contribution is 0.475. The monoisotopic (exact) mass is 353 g/mol. The minimum Gasteiger partial charge on any atom is -0.508 e. The highest BCUT2D eigenvalue weighted by molar-refractivity contribution is 7.99. The fraction of sp³-hybridized carbons (Fsp3) is 0.176. The maximum Gasteiger partial charge on any atom is 0.214 e. The largest absolute Gasteiger partial charge is 0.508 e. The second-order valence-electron chi connectivity index (χ2n) is 5.42. The fourth-order valence-corrected chi connectivity index (χ4v) is 3.27. The number of phenols is 1. The van der Waals surface area contributed by atoms with E-state index < -0.39 is 0 Å². The van der Waals surface area contributed by atoms with E-state index >= 15 is 0 Å². The van der Waals surface area contributed by atoms with Crippen LogP contribution in [0.5, 0.6) is 5.75 Å². The molecule has 4 rings (SSSR count). The summed E-state index contributed by atoms with van der Waals surface area (Å²) in [5.74, 6) is 1.81. The van der Waals surface area contributed by atoms with E-state index in [-0.39, 0.29) is 5.75 Å². The molecule has 0 aliphatic heterocycles. The van der Waals surface area contributed by atoms with Crippen LogP contribution in [0.1, 0.15) is 12.3 Å². The SMILES string of the molecule is Oc1ccc(-n2nnnc2SCCCc2nc3ccccc3o2)cc1. The van der Waals surface area contributed by atoms with Gasteiger partial charge >= 0.3 is 0 Å². The predicted octanol–water partition coefficient (Wildman–Crippen LogP) is 3.23. The lowest BCUT2D eigenvalue weighted by Gasteiger charge is -2.03. The summed E-state index contributed by atoms with van der Waals surface area (Å²) in [5.41, 5.74) is 2.52. The number of nitrogens with zero attached hydrogens (tertiary/aromatic N) is 5. The molecule has 0 atom stereocenters. The third-order valence-electron chi connectivity index (χ3n) is 3.64. The molecule has 7 nitrogen and oxygen atoms in total. The number of aryl methyl sites for hydroxylation is 1. The zero-order valence-corrected chi connectivity index (χ0v) is 14.1. The summed E-state index contributed by atoms with van der Waals surface area (Å²) in [6, 6.07) is 14.5. The molecule has 0 amide bonds. The molecule has 0 aliphatic rings. The van der Waals surface area contributed by atoms with Crippen LogP contribution in [0.4, 0.5) is 0 Å². The number of tetrazole rings is 1. The number of rotatable bonds is 6. The van der Waals surface area contributed by atoms with Gasteiger partial charge in [0, 0.05) is 12.2 Å². The van der Waals surface area contributed by atoms with Gasteiger partial charge in [-0.25, -0.2) is 4.98 Å². The van der Waals surface area contributed by atoms with Crippen LogP contribution < -0.4 is 0 Å². The Morgan fingerprint density at radius 1 is 1.08 bits per heavy atom. The average molecular weight is 353 g/mol. The van der Waals surface area contributed by atoms with E-state index in [1.165, 1.54) is 0 Å². The molecule has 126 valence electrons. The predicted molar refractivity (Wildman–Crippen MR) is 93.9 cm³/mol. The summed E-state index contributed by atoms with van der Waals surface area (Å²) in [5, 5.41) is 21.9. The Bertz CT molecular complexity index is 947. The molecule has 0 bridgehead atoms. The first-order chi connectivity index (χ1) is 12.3. The minimum absolute atomic E-state index is 0.212. The van der Waals surface area contributed by atoms with Gasteiger partial charge in [0.25, 0.3) is 0 Å². The van der Waals surface area contributed by atoms with Crippen molar-refractivity contribution in [2.24, 2.45) is 0 Å². The molecule has 0 spiro atoms. The number of fused-ring (bicyclic) bond motifs is 1. The van der Waals surface area contributed by atoms with Crippen molar-refractivity contribution in [2.45, 2.75) is 18.0 Å². The van der Waals surface area contributed by atoms with Gasteiger partial charge in [-0.05, 0) is 53.2 Å². The van der Waals surface area contributed by atoms with Crippen molar-refractivity contribution >= 4 is 22.9 Å². The average Bonchev–Trinajstić information content (AvgIpc) is 3.25. The summed E-state index contributed by atoms with van der Waals surface area (Å²) in [7, 11) is 0. The van der Waals surface area contributed by atoms with Gasteiger partial charge in [-0.3, -0.25) is 0 Å². The third-order valence-corrected chi connectivity index (χ3v) is 4.65. The highest BCUT2D eigenvalue weighted by Gasteiger charge is 2.10. The van der Waals surface area contributed by atoms with Gasteiger partial charge in [-0.2, -0.15) is 4.68 Å². The number of phenolic OH excluding ortho intramolecular Hbond substituents is 1. The van der Waals surface area contributed by atoms with Crippen LogP contribution in [0.15, 0.2) is 58.1 Å². The number of aromatic nitrogens is 5. The minimum atomic E-state index is 0.212. The van der Waals surface area contributed by atoms with Crippen LogP contribution in [0.2, 0.25) is 0 Å². The molecule has 2 aromatic carbocycles. The van der Waals surface area contributed by atoms with Crippen LogP contribution in [0, 0.1) is 0 Å². The van der Waals surface area contributed by atoms with Gasteiger partial charge < -0.3 is 9.52 Å². The van der Waals surface area contributed by atoms with Crippen LogP contribution in [0.25, 0.3) is 16.8 Å². The number of hydrogen-bond acceptors (Lipinski definition) is 7. The van der Waals surface area contributed by atoms with Gasteiger partial charge in [0.2, 0.25) is 5.16 Å². The smallest absolute Gasteiger partial charge is 0.214 e. The first-order valence-corrected chi connectivity index (χ1v) is 8.83. The van der Waals surface area contributed by atoms with E-state index in [2.05, 4.69) is 20.5 Å². The van der Waals surface area contributed by atoms with Crippen LogP contribution >= 0.6 is 11.8 Å². The molecule has 25 heavy (non-hydrogen) atoms. The van der Waals surface area contributed by atoms with Crippen LogP contribution in [-0.4, -0.2) is 36.1 Å². The van der Waals surface area contributed by atoms with Crippen LogP contribution in [-0.2, 0) is 6.42 Å². The Morgan fingerprint density at radius 3 is 2.76 bits per heavy atom. The summed E-state index contributed by atoms with van der Waals surface area (Å²) in [6.07, 6.45) is 1.67. The first kappa shape index (κ1) is 15.6. The molecular formula is C17H15N5O2S. The zero-order chi connectivity index (χ0) is 17.1. The Morgan fingerprint density at radius 2 is 1.92 bits per heavy atom. The molecule has 2 aromatic heterocycles. The topological polar surface area (TPSA) is 89.9 Å². The van der Waals surface area contributed by atoms with Gasteiger partial charge in [0.1, 0.15) is 11.3 Å². The van der Waals surface area contributed by atoms with Crippen molar-refractivity contribution in [3.63, 3.8) is 0 Å². The molecule has 4 aromatic rings. The molecule has 0 saturated carbocycles. The highest BCUT2D eigenvalue weighted by atomic mass is 32.2. The molecule has 0 aliphatic carbocycles. The second-order valence-corrected chi connectivity index (χ2v) is 6.48. The molecule has 0 radical (unpaired) electrons. The van der Waals surface area contributed by atoms with Crippen molar-refractivity contribution in [3.8, 4) is 11.4 Å². The van der Waals surface area contributed by atoms with E-state index in [0.29, 0.717) is 5.16 Å². The first-order valence-electron chi connectivity index (χ1n) is 7.84. The van der Waals surface area contributed by atoms with Gasteiger partial charge in [0.05, 0.1) is 5.69 Å². The molecule has 0 fully saturated rings. The van der Waals surface area contributed by atoms with Gasteiger partial charge in [-0.1, -0.05) is 23.9 Å². The summed E-state index contributed by atoms with van der Waals surface area (Å²) in [4.78, 5) is 4.48. The third kappa shape index (κ3) is 3.48. The fourth-order valence-electron chi connectivity index (χ4n) is 2.44. The molecule has 0 saturated heterocycles. The van der Waals surface area contributed by atoms with Crippen molar-refractivity contribution in [1.29, 1.82) is 0 Å². The zero-order valence-electron chi connectivity index (χ0n) is 13.2. The number of oxazole rings is 1. The summed E-state index contributed by atoms with van der Waals surface area (Å²) in [6.45, 7) is 0. The normalized spacial score (nSPS) is 11.2. The Balaban J connectivity index is 1.36. The molecular weight excluding hydrogens is 338 g/mol. The lowest BCUT2D eigenvalue weighted by Crippen LogP contribution is -1.99. The van der Waals surface area contributed by atoms with Gasteiger partial charge in [-0.15, -0.1) is 5.10 Å². The summed E-state index contributed by atoms with van der Waals surface area (Å²) >= 11 is 1.57. The lowest BCUT2D eigenvalue weighted by atomic mass is 10.3. The molecule has 1 N–H and O–H groups in total. The maximum absolute atomic E-state index is 9.38. The quantitative estimate of drug-likeness (QED) is 0.420. The summed E-state index contributed by atoms with van der Waals surface area (Å²) < 4.78 is 7.38. The Labute approximate surface area is 147 Å². The van der Waals surface area contributed by atoms with Crippen molar-refractivity contribution < 1.29 is 9.52 Å². The second kappa shape index (κ2) is 6.94. The van der Waals surface area contributed by atoms with Crippen LogP contribution in [0.3, 0.4) is 0 Å². The highest BCUT2D eigenvalue weighted by Crippen LogP contribution is 2.22. The van der Waals surface area contributed by atoms with E-state index in [1.54, 1.807) is 40.7 Å². The number of para-hydroxylation sites is 2. The van der Waals surface area contributed by atoms with Crippen molar-refractivity contribution in [2.75, 3.05) is 5.75 Å². The van der Waals surface area contributed by atoms with E-state index in [0.717, 1.165) is 41.3 Å².